The highest BCUT2D eigenvalue weighted by atomic mass is 35.5. The lowest BCUT2D eigenvalue weighted by atomic mass is 10.1. The molecule has 0 aliphatic rings. The second-order valence-corrected chi connectivity index (χ2v) is 3.68. The molecule has 0 bridgehead atoms. The number of fused-ring (bicyclic) bond motifs is 1. The molecule has 78 valence electrons. The Bertz CT molecular complexity index is 470. The van der Waals surface area contributed by atoms with Crippen molar-refractivity contribution in [3.63, 3.8) is 0 Å². The fraction of sp³-hybridized carbons (Fsp3) is 0.182. The third-order valence-electron chi connectivity index (χ3n) is 2.16. The highest BCUT2D eigenvalue weighted by Crippen LogP contribution is 2.23. The molecule has 0 radical (unpaired) electrons. The maximum atomic E-state index is 5.91. The molecule has 15 heavy (non-hydrogen) atoms. The summed E-state index contributed by atoms with van der Waals surface area (Å²) in [6.07, 6.45) is 1.76. The van der Waals surface area contributed by atoms with Gasteiger partial charge in [0.1, 0.15) is 5.82 Å². The second kappa shape index (κ2) is 4.47. The molecule has 0 aliphatic heterocycles. The summed E-state index contributed by atoms with van der Waals surface area (Å²) >= 11 is 5.91. The maximum absolute atomic E-state index is 5.91. The maximum Gasteiger partial charge on any atom is 0.133 e. The minimum atomic E-state index is 0.589. The van der Waals surface area contributed by atoms with Gasteiger partial charge in [-0.15, -0.1) is 0 Å². The molecule has 0 aliphatic carbocycles. The summed E-state index contributed by atoms with van der Waals surface area (Å²) in [5.74, 6) is 0.856. The average molecular weight is 222 g/mol. The number of nitrogens with two attached hydrogens (primary N) is 1. The molecule has 0 saturated heterocycles. The minimum Gasteiger partial charge on any atom is -0.368 e. The van der Waals surface area contributed by atoms with Crippen LogP contribution in [0.2, 0.25) is 5.02 Å². The van der Waals surface area contributed by atoms with Crippen molar-refractivity contribution in [3.8, 4) is 0 Å². The van der Waals surface area contributed by atoms with E-state index in [2.05, 4.69) is 10.3 Å². The van der Waals surface area contributed by atoms with Crippen LogP contribution in [0.15, 0.2) is 30.5 Å². The number of nitrogens with zero attached hydrogens (tertiary/aromatic N) is 1. The SMILES string of the molecule is NCCNc1nccc2cc(Cl)ccc12. The molecule has 0 fully saturated rings. The Morgan fingerprint density at radius 2 is 2.20 bits per heavy atom. The van der Waals surface area contributed by atoms with E-state index in [-0.39, 0.29) is 0 Å². The van der Waals surface area contributed by atoms with Gasteiger partial charge in [0.25, 0.3) is 0 Å². The van der Waals surface area contributed by atoms with Gasteiger partial charge >= 0.3 is 0 Å². The summed E-state index contributed by atoms with van der Waals surface area (Å²) in [5, 5.41) is 6.06. The number of pyridine rings is 1. The predicted octanol–water partition coefficient (Wildman–Crippen LogP) is 2.26. The monoisotopic (exact) mass is 221 g/mol. The Morgan fingerprint density at radius 3 is 3.00 bits per heavy atom. The first-order valence-corrected chi connectivity index (χ1v) is 5.17. The molecule has 0 unspecified atom stereocenters. The first-order valence-electron chi connectivity index (χ1n) is 4.79. The lowest BCUT2D eigenvalue weighted by Gasteiger charge is -2.07. The zero-order chi connectivity index (χ0) is 10.7. The lowest BCUT2D eigenvalue weighted by molar-refractivity contribution is 1.02. The largest absolute Gasteiger partial charge is 0.368 e. The van der Waals surface area contributed by atoms with Gasteiger partial charge in [0.2, 0.25) is 0 Å². The van der Waals surface area contributed by atoms with E-state index in [0.29, 0.717) is 6.54 Å². The molecule has 1 aromatic heterocycles. The molecule has 0 amide bonds. The molecule has 0 spiro atoms. The van der Waals surface area contributed by atoms with E-state index >= 15 is 0 Å². The van der Waals surface area contributed by atoms with Gasteiger partial charge in [-0.05, 0) is 29.7 Å². The van der Waals surface area contributed by atoms with Gasteiger partial charge in [-0.2, -0.15) is 0 Å². The van der Waals surface area contributed by atoms with Gasteiger partial charge in [-0.1, -0.05) is 11.6 Å². The van der Waals surface area contributed by atoms with E-state index in [1.807, 2.05) is 24.3 Å². The molecule has 4 heteroatoms. The number of halogens is 1. The number of hydrogen-bond acceptors (Lipinski definition) is 3. The van der Waals surface area contributed by atoms with E-state index in [0.717, 1.165) is 28.2 Å². The van der Waals surface area contributed by atoms with Gasteiger partial charge in [-0.25, -0.2) is 4.98 Å². The van der Waals surface area contributed by atoms with Crippen LogP contribution in [0.25, 0.3) is 10.8 Å². The van der Waals surface area contributed by atoms with Crippen molar-refractivity contribution in [1.82, 2.24) is 4.98 Å². The molecule has 1 heterocycles. The second-order valence-electron chi connectivity index (χ2n) is 3.24. The van der Waals surface area contributed by atoms with Crippen LogP contribution in [0.5, 0.6) is 0 Å². The number of nitrogens with one attached hydrogen (secondary N) is 1. The van der Waals surface area contributed by atoms with Crippen molar-refractivity contribution in [3.05, 3.63) is 35.5 Å². The Morgan fingerprint density at radius 1 is 1.33 bits per heavy atom. The van der Waals surface area contributed by atoms with Crippen LogP contribution < -0.4 is 11.1 Å². The van der Waals surface area contributed by atoms with Crippen molar-refractivity contribution in [2.24, 2.45) is 5.73 Å². The van der Waals surface area contributed by atoms with Gasteiger partial charge in [0, 0.05) is 29.7 Å². The third kappa shape index (κ3) is 2.19. The van der Waals surface area contributed by atoms with Gasteiger partial charge in [0.05, 0.1) is 0 Å². The van der Waals surface area contributed by atoms with Crippen LogP contribution in [0, 0.1) is 0 Å². The summed E-state index contributed by atoms with van der Waals surface area (Å²) < 4.78 is 0. The Hall–Kier alpha value is -1.32. The van der Waals surface area contributed by atoms with Crippen molar-refractivity contribution >= 4 is 28.2 Å². The molecule has 3 N–H and O–H groups in total. The quantitative estimate of drug-likeness (QED) is 0.836. The highest BCUT2D eigenvalue weighted by molar-refractivity contribution is 6.31. The zero-order valence-corrected chi connectivity index (χ0v) is 8.96. The van der Waals surface area contributed by atoms with Crippen LogP contribution in [-0.4, -0.2) is 18.1 Å². The van der Waals surface area contributed by atoms with E-state index in [1.54, 1.807) is 6.20 Å². The Kier molecular flexibility index (Phi) is 3.04. The molecule has 1 aromatic carbocycles. The smallest absolute Gasteiger partial charge is 0.133 e. The fourth-order valence-corrected chi connectivity index (χ4v) is 1.66. The summed E-state index contributed by atoms with van der Waals surface area (Å²) in [6.45, 7) is 1.31. The topological polar surface area (TPSA) is 50.9 Å². The fourth-order valence-electron chi connectivity index (χ4n) is 1.48. The van der Waals surface area contributed by atoms with Gasteiger partial charge in [0.15, 0.2) is 0 Å². The first kappa shape index (κ1) is 10.2. The molecule has 3 nitrogen and oxygen atoms in total. The molecule has 2 rings (SSSR count). The summed E-state index contributed by atoms with van der Waals surface area (Å²) in [4.78, 5) is 4.26. The number of hydrogen-bond donors (Lipinski definition) is 2. The van der Waals surface area contributed by atoms with Gasteiger partial charge < -0.3 is 11.1 Å². The van der Waals surface area contributed by atoms with E-state index in [9.17, 15) is 0 Å². The highest BCUT2D eigenvalue weighted by Gasteiger charge is 2.01. The van der Waals surface area contributed by atoms with Crippen LogP contribution in [0.4, 0.5) is 5.82 Å². The summed E-state index contributed by atoms with van der Waals surface area (Å²) in [5.41, 5.74) is 5.43. The summed E-state index contributed by atoms with van der Waals surface area (Å²) in [7, 11) is 0. The molecular formula is C11H12ClN3. The average Bonchev–Trinajstić information content (AvgIpc) is 2.25. The number of anilines is 1. The predicted molar refractivity (Wildman–Crippen MR) is 64.3 cm³/mol. The van der Waals surface area contributed by atoms with Crippen LogP contribution in [0.3, 0.4) is 0 Å². The Balaban J connectivity index is 2.46. The van der Waals surface area contributed by atoms with E-state index in [1.165, 1.54) is 0 Å². The number of benzene rings is 1. The van der Waals surface area contributed by atoms with Gasteiger partial charge in [-0.3, -0.25) is 0 Å². The van der Waals surface area contributed by atoms with Crippen molar-refractivity contribution in [2.75, 3.05) is 18.4 Å². The molecular weight excluding hydrogens is 210 g/mol. The van der Waals surface area contributed by atoms with Crippen molar-refractivity contribution in [2.45, 2.75) is 0 Å². The van der Waals surface area contributed by atoms with E-state index in [4.69, 9.17) is 17.3 Å². The van der Waals surface area contributed by atoms with Crippen LogP contribution in [0.1, 0.15) is 0 Å². The molecule has 2 aromatic rings. The molecule has 0 saturated carbocycles. The third-order valence-corrected chi connectivity index (χ3v) is 2.40. The molecule has 0 atom stereocenters. The lowest BCUT2D eigenvalue weighted by Crippen LogP contribution is -2.13. The number of rotatable bonds is 3. The standard InChI is InChI=1S/C11H12ClN3/c12-9-1-2-10-8(7-9)3-5-14-11(10)15-6-4-13/h1-3,5,7H,4,6,13H2,(H,14,15). The van der Waals surface area contributed by atoms with Crippen LogP contribution in [-0.2, 0) is 0 Å². The van der Waals surface area contributed by atoms with Crippen LogP contribution >= 0.6 is 11.6 Å². The zero-order valence-electron chi connectivity index (χ0n) is 8.20. The minimum absolute atomic E-state index is 0.589. The first-order chi connectivity index (χ1) is 7.31. The normalized spacial score (nSPS) is 10.5. The summed E-state index contributed by atoms with van der Waals surface area (Å²) in [6, 6.07) is 7.68. The number of aromatic nitrogens is 1. The Labute approximate surface area is 93.3 Å². The van der Waals surface area contributed by atoms with Crippen molar-refractivity contribution < 1.29 is 0 Å². The van der Waals surface area contributed by atoms with Crippen molar-refractivity contribution in [1.29, 1.82) is 0 Å². The van der Waals surface area contributed by atoms with E-state index < -0.39 is 0 Å².